The normalized spacial score (nSPS) is 23.7. The molecule has 1 fully saturated rings. The molecule has 0 spiro atoms. The number of ether oxygens (including phenoxy) is 1. The number of carbonyl (C=O) groups is 1. The van der Waals surface area contributed by atoms with Crippen molar-refractivity contribution in [3.8, 4) is 0 Å². The highest BCUT2D eigenvalue weighted by molar-refractivity contribution is 5.75. The molecule has 0 saturated carbocycles. The molecule has 4 nitrogen and oxygen atoms in total. The molecule has 1 aliphatic rings. The fourth-order valence-electron chi connectivity index (χ4n) is 2.39. The second-order valence-corrected chi connectivity index (χ2v) is 6.33. The van der Waals surface area contributed by atoms with E-state index in [4.69, 9.17) is 4.74 Å². The molecule has 18 heavy (non-hydrogen) atoms. The molecular weight excluding hydrogens is 228 g/mol. The number of hydrogen-bond donors (Lipinski definition) is 1. The Balaban J connectivity index is 2.43. The van der Waals surface area contributed by atoms with Gasteiger partial charge in [0.25, 0.3) is 0 Å². The Bertz CT molecular complexity index is 273. The molecule has 1 rings (SSSR count). The number of esters is 1. The highest BCUT2D eigenvalue weighted by Crippen LogP contribution is 2.19. The Morgan fingerprint density at radius 2 is 2.17 bits per heavy atom. The Kier molecular flexibility index (Phi) is 5.60. The fraction of sp³-hybridized carbons (Fsp3) is 0.929. The highest BCUT2D eigenvalue weighted by atomic mass is 16.5. The molecule has 0 aromatic carbocycles. The Morgan fingerprint density at radius 1 is 1.50 bits per heavy atom. The summed E-state index contributed by atoms with van der Waals surface area (Å²) in [5.74, 6) is 0.504. The molecule has 0 aromatic heterocycles. The van der Waals surface area contributed by atoms with Gasteiger partial charge in [0.2, 0.25) is 0 Å². The predicted octanol–water partition coefficient (Wildman–Crippen LogP) is 1.65. The first-order valence-corrected chi connectivity index (χ1v) is 6.90. The second kappa shape index (κ2) is 6.53. The van der Waals surface area contributed by atoms with Crippen LogP contribution in [-0.4, -0.2) is 49.2 Å². The molecular formula is C14H28N2O2. The van der Waals surface area contributed by atoms with Crippen molar-refractivity contribution in [2.75, 3.05) is 26.7 Å². The minimum atomic E-state index is -0.126. The molecule has 4 heteroatoms. The molecule has 0 radical (unpaired) electrons. The average Bonchev–Trinajstić information content (AvgIpc) is 2.34. The Hall–Kier alpha value is -0.610. The van der Waals surface area contributed by atoms with E-state index in [9.17, 15) is 4.79 Å². The third-order valence-electron chi connectivity index (χ3n) is 3.56. The largest absolute Gasteiger partial charge is 0.468 e. The lowest BCUT2D eigenvalue weighted by Crippen LogP contribution is -2.49. The van der Waals surface area contributed by atoms with Crippen LogP contribution in [0.2, 0.25) is 0 Å². The smallest absolute Gasteiger partial charge is 0.322 e. The Morgan fingerprint density at radius 3 is 2.72 bits per heavy atom. The highest BCUT2D eigenvalue weighted by Gasteiger charge is 2.28. The van der Waals surface area contributed by atoms with Gasteiger partial charge in [-0.3, -0.25) is 9.69 Å². The maximum absolute atomic E-state index is 11.6. The van der Waals surface area contributed by atoms with Crippen molar-refractivity contribution in [1.29, 1.82) is 0 Å². The number of hydrogen-bond acceptors (Lipinski definition) is 4. The number of nitrogens with one attached hydrogen (secondary N) is 1. The van der Waals surface area contributed by atoms with E-state index < -0.39 is 0 Å². The molecule has 1 heterocycles. The van der Waals surface area contributed by atoms with Crippen LogP contribution in [0.4, 0.5) is 0 Å². The van der Waals surface area contributed by atoms with Crippen molar-refractivity contribution in [1.82, 2.24) is 10.2 Å². The standard InChI is InChI=1S/C14H28N2O2/c1-11(13(17)18-5)16-8-6-7-12(10-16)9-15-14(2,3)4/h11-12,15H,6-10H2,1-5H3. The lowest BCUT2D eigenvalue weighted by atomic mass is 9.95. The van der Waals surface area contributed by atoms with Crippen molar-refractivity contribution in [3.63, 3.8) is 0 Å². The number of methoxy groups -OCH3 is 1. The summed E-state index contributed by atoms with van der Waals surface area (Å²) in [6.07, 6.45) is 2.41. The number of piperidine rings is 1. The van der Waals surface area contributed by atoms with Crippen molar-refractivity contribution in [3.05, 3.63) is 0 Å². The topological polar surface area (TPSA) is 41.6 Å². The molecule has 0 aromatic rings. The maximum Gasteiger partial charge on any atom is 0.322 e. The zero-order valence-corrected chi connectivity index (χ0v) is 12.5. The van der Waals surface area contributed by atoms with E-state index in [1.54, 1.807) is 0 Å². The summed E-state index contributed by atoms with van der Waals surface area (Å²) in [7, 11) is 1.46. The van der Waals surface area contributed by atoms with Crippen LogP contribution in [0, 0.1) is 5.92 Å². The molecule has 106 valence electrons. The molecule has 2 atom stereocenters. The van der Waals surface area contributed by atoms with E-state index >= 15 is 0 Å². The first-order chi connectivity index (χ1) is 8.33. The van der Waals surface area contributed by atoms with E-state index in [0.717, 1.165) is 26.1 Å². The minimum Gasteiger partial charge on any atom is -0.468 e. The van der Waals surface area contributed by atoms with Crippen LogP contribution in [0.25, 0.3) is 0 Å². The van der Waals surface area contributed by atoms with Gasteiger partial charge >= 0.3 is 5.97 Å². The summed E-state index contributed by atoms with van der Waals surface area (Å²) >= 11 is 0. The van der Waals surface area contributed by atoms with Crippen molar-refractivity contribution < 1.29 is 9.53 Å². The minimum absolute atomic E-state index is 0.118. The Labute approximate surface area is 111 Å². The van der Waals surface area contributed by atoms with Gasteiger partial charge in [-0.1, -0.05) is 0 Å². The van der Waals surface area contributed by atoms with E-state index in [1.165, 1.54) is 13.5 Å². The number of rotatable bonds is 4. The monoisotopic (exact) mass is 256 g/mol. The molecule has 1 saturated heterocycles. The summed E-state index contributed by atoms with van der Waals surface area (Å²) in [6.45, 7) is 11.5. The van der Waals surface area contributed by atoms with Crippen LogP contribution in [0.1, 0.15) is 40.5 Å². The van der Waals surface area contributed by atoms with Gasteiger partial charge in [0.1, 0.15) is 6.04 Å². The van der Waals surface area contributed by atoms with Gasteiger partial charge in [0.15, 0.2) is 0 Å². The number of carbonyl (C=O) groups excluding carboxylic acids is 1. The van der Waals surface area contributed by atoms with E-state index in [-0.39, 0.29) is 17.6 Å². The molecule has 1 N–H and O–H groups in total. The average molecular weight is 256 g/mol. The molecule has 0 bridgehead atoms. The van der Waals surface area contributed by atoms with Crippen LogP contribution in [0.5, 0.6) is 0 Å². The fourth-order valence-corrected chi connectivity index (χ4v) is 2.39. The summed E-state index contributed by atoms with van der Waals surface area (Å²) in [4.78, 5) is 13.8. The van der Waals surface area contributed by atoms with Gasteiger partial charge in [-0.05, 0) is 59.5 Å². The second-order valence-electron chi connectivity index (χ2n) is 6.33. The number of nitrogens with zero attached hydrogens (tertiary/aromatic N) is 1. The van der Waals surface area contributed by atoms with E-state index in [0.29, 0.717) is 5.92 Å². The summed E-state index contributed by atoms with van der Waals surface area (Å²) < 4.78 is 4.82. The van der Waals surface area contributed by atoms with Crippen LogP contribution in [0.15, 0.2) is 0 Å². The third-order valence-corrected chi connectivity index (χ3v) is 3.56. The summed E-state index contributed by atoms with van der Waals surface area (Å²) in [5, 5.41) is 3.55. The van der Waals surface area contributed by atoms with Gasteiger partial charge in [-0.15, -0.1) is 0 Å². The summed E-state index contributed by atoms with van der Waals surface area (Å²) in [6, 6.07) is -0.118. The first-order valence-electron chi connectivity index (χ1n) is 6.90. The van der Waals surface area contributed by atoms with Gasteiger partial charge in [-0.2, -0.15) is 0 Å². The maximum atomic E-state index is 11.6. The summed E-state index contributed by atoms with van der Waals surface area (Å²) in [5.41, 5.74) is 0.163. The SMILES string of the molecule is COC(=O)C(C)N1CCCC(CNC(C)(C)C)C1. The lowest BCUT2D eigenvalue weighted by Gasteiger charge is -2.36. The van der Waals surface area contributed by atoms with Crippen molar-refractivity contribution in [2.24, 2.45) is 5.92 Å². The first kappa shape index (κ1) is 15.4. The zero-order valence-electron chi connectivity index (χ0n) is 12.5. The van der Waals surface area contributed by atoms with Gasteiger partial charge in [0, 0.05) is 12.1 Å². The predicted molar refractivity (Wildman–Crippen MR) is 73.5 cm³/mol. The lowest BCUT2D eigenvalue weighted by molar-refractivity contribution is -0.147. The van der Waals surface area contributed by atoms with Crippen LogP contribution in [0.3, 0.4) is 0 Å². The van der Waals surface area contributed by atoms with Crippen LogP contribution >= 0.6 is 0 Å². The molecule has 0 amide bonds. The van der Waals surface area contributed by atoms with Crippen molar-refractivity contribution >= 4 is 5.97 Å². The number of likely N-dealkylation sites (tertiary alicyclic amines) is 1. The van der Waals surface area contributed by atoms with Crippen LogP contribution in [-0.2, 0) is 9.53 Å². The van der Waals surface area contributed by atoms with E-state index in [2.05, 4.69) is 31.0 Å². The van der Waals surface area contributed by atoms with Crippen LogP contribution < -0.4 is 5.32 Å². The molecule has 1 aliphatic heterocycles. The molecule has 0 aliphatic carbocycles. The third kappa shape index (κ3) is 4.94. The van der Waals surface area contributed by atoms with Gasteiger partial charge in [-0.25, -0.2) is 0 Å². The quantitative estimate of drug-likeness (QED) is 0.777. The van der Waals surface area contributed by atoms with Gasteiger partial charge in [0.05, 0.1) is 7.11 Å². The van der Waals surface area contributed by atoms with Crippen molar-refractivity contribution in [2.45, 2.75) is 52.1 Å². The van der Waals surface area contributed by atoms with Gasteiger partial charge < -0.3 is 10.1 Å². The zero-order chi connectivity index (χ0) is 13.8. The molecule has 2 unspecified atom stereocenters. The van der Waals surface area contributed by atoms with E-state index in [1.807, 2.05) is 6.92 Å².